The second-order valence-electron chi connectivity index (χ2n) is 0.861. The molecule has 0 unspecified atom stereocenters. The van der Waals surface area contributed by atoms with Gasteiger partial charge in [-0.2, -0.15) is 0 Å². The molecule has 0 saturated heterocycles. The zero-order valence-corrected chi connectivity index (χ0v) is 8.68. The third kappa shape index (κ3) is 17.8. The Balaban J connectivity index is -0.000000109. The Labute approximate surface area is 79.7 Å². The molecule has 0 saturated carbocycles. The maximum absolute atomic E-state index is 9.54. The van der Waals surface area contributed by atoms with E-state index in [1.807, 2.05) is 13.8 Å². The monoisotopic (exact) mass is 207 g/mol. The number of ketones is 1. The number of carbonyl (C=O) groups excluding carboxylic acids is 1. The predicted molar refractivity (Wildman–Crippen MR) is 29.7 cm³/mol. The smallest absolute Gasteiger partial charge is 0.371 e. The Bertz CT molecular complexity index is 78.2. The topological polar surface area (TPSA) is 54.4 Å². The Morgan fingerprint density at radius 2 is 1.33 bits per heavy atom. The number of rotatable bonds is 1. The Kier molecular flexibility index (Phi) is 19.9. The molecule has 0 aromatic heterocycles. The molecule has 0 aliphatic heterocycles. The van der Waals surface area contributed by atoms with Gasteiger partial charge < -0.3 is 5.11 Å². The van der Waals surface area contributed by atoms with E-state index in [1.165, 1.54) is 0 Å². The van der Waals surface area contributed by atoms with Crippen molar-refractivity contribution in [3.63, 3.8) is 0 Å². The van der Waals surface area contributed by atoms with E-state index in [2.05, 4.69) is 0 Å². The SMILES string of the molecule is CC.CC(=O)C(=O)O.[Y]. The van der Waals surface area contributed by atoms with Crippen LogP contribution >= 0.6 is 0 Å². The van der Waals surface area contributed by atoms with Crippen LogP contribution < -0.4 is 0 Å². The summed E-state index contributed by atoms with van der Waals surface area (Å²) in [6, 6.07) is 0. The van der Waals surface area contributed by atoms with E-state index in [1.54, 1.807) is 0 Å². The van der Waals surface area contributed by atoms with Gasteiger partial charge >= 0.3 is 5.97 Å². The first kappa shape index (κ1) is 16.1. The minimum absolute atomic E-state index is 0. The van der Waals surface area contributed by atoms with Gasteiger partial charge in [0.2, 0.25) is 5.78 Å². The van der Waals surface area contributed by atoms with Crippen molar-refractivity contribution in [1.29, 1.82) is 0 Å². The minimum atomic E-state index is -1.38. The molecule has 1 N–H and O–H groups in total. The maximum Gasteiger partial charge on any atom is 0.371 e. The van der Waals surface area contributed by atoms with Crippen LogP contribution in [0.2, 0.25) is 0 Å². The third-order valence-corrected chi connectivity index (χ3v) is 0.301. The Morgan fingerprint density at radius 3 is 1.33 bits per heavy atom. The molecular weight excluding hydrogens is 197 g/mol. The quantitative estimate of drug-likeness (QED) is 0.643. The Morgan fingerprint density at radius 1 is 1.22 bits per heavy atom. The fourth-order valence-electron chi connectivity index (χ4n) is 0. The summed E-state index contributed by atoms with van der Waals surface area (Å²) in [5, 5.41) is 7.64. The van der Waals surface area contributed by atoms with Gasteiger partial charge in [0.05, 0.1) is 0 Å². The summed E-state index contributed by atoms with van der Waals surface area (Å²) < 4.78 is 0. The molecule has 9 heavy (non-hydrogen) atoms. The van der Waals surface area contributed by atoms with Crippen molar-refractivity contribution in [3.05, 3.63) is 0 Å². The first-order valence-electron chi connectivity index (χ1n) is 2.38. The van der Waals surface area contributed by atoms with Crippen molar-refractivity contribution in [3.8, 4) is 0 Å². The maximum atomic E-state index is 9.54. The summed E-state index contributed by atoms with van der Waals surface area (Å²) in [5.41, 5.74) is 0. The molecule has 0 fully saturated rings. The number of carbonyl (C=O) groups is 2. The van der Waals surface area contributed by atoms with Crippen LogP contribution in [0.4, 0.5) is 0 Å². The second-order valence-corrected chi connectivity index (χ2v) is 0.861. The standard InChI is InChI=1S/C3H4O3.C2H6.Y/c1-2(4)3(5)6;1-2;/h1H3,(H,5,6);1-2H3;. The van der Waals surface area contributed by atoms with Crippen LogP contribution in [0.25, 0.3) is 0 Å². The summed E-state index contributed by atoms with van der Waals surface area (Å²) >= 11 is 0. The number of hydrogen-bond donors (Lipinski definition) is 1. The molecule has 0 aliphatic carbocycles. The van der Waals surface area contributed by atoms with Crippen LogP contribution in [0.1, 0.15) is 20.8 Å². The molecule has 0 aliphatic rings. The van der Waals surface area contributed by atoms with Gasteiger partial charge in [-0.1, -0.05) is 13.8 Å². The normalized spacial score (nSPS) is 5.67. The molecule has 0 rings (SSSR count). The van der Waals surface area contributed by atoms with Crippen molar-refractivity contribution in [2.24, 2.45) is 0 Å². The first-order chi connectivity index (χ1) is 3.64. The zero-order valence-electron chi connectivity index (χ0n) is 5.84. The zero-order chi connectivity index (χ0) is 7.15. The van der Waals surface area contributed by atoms with Crippen molar-refractivity contribution in [1.82, 2.24) is 0 Å². The third-order valence-electron chi connectivity index (χ3n) is 0.301. The molecule has 0 heterocycles. The molecule has 0 aromatic carbocycles. The van der Waals surface area contributed by atoms with Gasteiger partial charge in [-0.05, 0) is 0 Å². The van der Waals surface area contributed by atoms with Crippen LogP contribution in [0.3, 0.4) is 0 Å². The largest absolute Gasteiger partial charge is 0.476 e. The number of aliphatic carboxylic acids is 1. The summed E-state index contributed by atoms with van der Waals surface area (Å²) in [5.74, 6) is -2.20. The molecule has 0 amide bonds. The number of carboxylic acids is 1. The number of hydrogen-bond acceptors (Lipinski definition) is 2. The fraction of sp³-hybridized carbons (Fsp3) is 0.600. The summed E-state index contributed by atoms with van der Waals surface area (Å²) in [6.07, 6.45) is 0. The molecular formula is C5H10O3Y. The van der Waals surface area contributed by atoms with E-state index in [4.69, 9.17) is 5.11 Å². The molecule has 0 atom stereocenters. The van der Waals surface area contributed by atoms with Gasteiger partial charge in [-0.15, -0.1) is 0 Å². The van der Waals surface area contributed by atoms with Crippen molar-refractivity contribution in [2.75, 3.05) is 0 Å². The van der Waals surface area contributed by atoms with E-state index in [0.29, 0.717) is 0 Å². The van der Waals surface area contributed by atoms with Crippen molar-refractivity contribution in [2.45, 2.75) is 20.8 Å². The van der Waals surface area contributed by atoms with Crippen LogP contribution in [0.15, 0.2) is 0 Å². The van der Waals surface area contributed by atoms with Gasteiger partial charge in [-0.25, -0.2) is 4.79 Å². The molecule has 0 aromatic rings. The molecule has 1 radical (unpaired) electrons. The van der Waals surface area contributed by atoms with Gasteiger partial charge in [0, 0.05) is 39.6 Å². The van der Waals surface area contributed by atoms with E-state index >= 15 is 0 Å². The molecule has 0 spiro atoms. The van der Waals surface area contributed by atoms with Crippen LogP contribution in [0, 0.1) is 0 Å². The Hall–Kier alpha value is 0.244. The van der Waals surface area contributed by atoms with Gasteiger partial charge in [-0.3, -0.25) is 4.79 Å². The van der Waals surface area contributed by atoms with E-state index < -0.39 is 11.8 Å². The molecule has 4 heteroatoms. The number of carboxylic acid groups (broad SMARTS) is 1. The van der Waals surface area contributed by atoms with Gasteiger partial charge in [0.1, 0.15) is 0 Å². The molecule has 51 valence electrons. The average molecular weight is 207 g/mol. The minimum Gasteiger partial charge on any atom is -0.476 e. The molecule has 0 bridgehead atoms. The van der Waals surface area contributed by atoms with Crippen LogP contribution in [-0.2, 0) is 42.3 Å². The second kappa shape index (κ2) is 11.1. The van der Waals surface area contributed by atoms with Gasteiger partial charge in [0.25, 0.3) is 0 Å². The van der Waals surface area contributed by atoms with Gasteiger partial charge in [0.15, 0.2) is 0 Å². The summed E-state index contributed by atoms with van der Waals surface area (Å²) in [6.45, 7) is 5.00. The van der Waals surface area contributed by atoms with Crippen molar-refractivity contribution < 1.29 is 47.4 Å². The van der Waals surface area contributed by atoms with Crippen LogP contribution in [-0.4, -0.2) is 16.9 Å². The molecule has 3 nitrogen and oxygen atoms in total. The first-order valence-corrected chi connectivity index (χ1v) is 2.38. The van der Waals surface area contributed by atoms with E-state index in [0.717, 1.165) is 6.92 Å². The fourth-order valence-corrected chi connectivity index (χ4v) is 0. The van der Waals surface area contributed by atoms with Crippen LogP contribution in [0.5, 0.6) is 0 Å². The van der Waals surface area contributed by atoms with Crippen molar-refractivity contribution >= 4 is 11.8 Å². The predicted octanol–water partition coefficient (Wildman–Crippen LogP) is 0.684. The average Bonchev–Trinajstić information content (AvgIpc) is 1.72. The summed E-state index contributed by atoms with van der Waals surface area (Å²) in [7, 11) is 0. The summed E-state index contributed by atoms with van der Waals surface area (Å²) in [4.78, 5) is 18.9. The van der Waals surface area contributed by atoms with E-state index in [-0.39, 0.29) is 32.7 Å². The van der Waals surface area contributed by atoms with E-state index in [9.17, 15) is 9.59 Å². The number of Topliss-reactive ketones (excluding diaryl/α,β-unsaturated/α-hetero) is 1.